The lowest BCUT2D eigenvalue weighted by molar-refractivity contribution is -0.137. The van der Waals surface area contributed by atoms with Gasteiger partial charge in [0.25, 0.3) is 0 Å². The first-order chi connectivity index (χ1) is 6.72. The highest BCUT2D eigenvalue weighted by Gasteiger charge is 2.08. The Labute approximate surface area is 82.3 Å². The predicted octanol–water partition coefficient (Wildman–Crippen LogP) is 1.52. The van der Waals surface area contributed by atoms with Crippen LogP contribution in [0.2, 0.25) is 0 Å². The zero-order chi connectivity index (χ0) is 10.4. The number of aliphatic carboxylic acids is 1. The number of carboxylic acids is 1. The van der Waals surface area contributed by atoms with Gasteiger partial charge in [0.2, 0.25) is 0 Å². The lowest BCUT2D eigenvalue weighted by Gasteiger charge is -2.12. The van der Waals surface area contributed by atoms with Crippen LogP contribution in [-0.4, -0.2) is 22.1 Å². The van der Waals surface area contributed by atoms with Crippen LogP contribution in [0.25, 0.3) is 0 Å². The van der Waals surface area contributed by atoms with E-state index in [1.807, 2.05) is 6.07 Å². The maximum Gasteiger partial charge on any atom is 0.305 e. The van der Waals surface area contributed by atoms with Gasteiger partial charge in [0.1, 0.15) is 5.82 Å². The normalized spacial score (nSPS) is 11.7. The third kappa shape index (κ3) is 3.26. The fourth-order valence-electron chi connectivity index (χ4n) is 1.02. The van der Waals surface area contributed by atoms with Crippen LogP contribution < -0.4 is 5.32 Å². The average molecular weight is 192 g/mol. The predicted molar refractivity (Wildman–Crippen MR) is 54.1 cm³/mol. The molecule has 4 nitrogen and oxygen atoms in total. The van der Waals surface area contributed by atoms with Gasteiger partial charge in [0.05, 0.1) is 12.5 Å². The Morgan fingerprint density at radius 2 is 2.50 bits per heavy atom. The SMILES string of the molecule is C=C[C@H](CC(=O)O)Nc1ccccn1. The van der Waals surface area contributed by atoms with Crippen molar-refractivity contribution < 1.29 is 9.90 Å². The van der Waals surface area contributed by atoms with Crippen LogP contribution in [-0.2, 0) is 4.79 Å². The fourth-order valence-corrected chi connectivity index (χ4v) is 1.02. The van der Waals surface area contributed by atoms with Gasteiger partial charge in [0, 0.05) is 6.20 Å². The van der Waals surface area contributed by atoms with E-state index in [9.17, 15) is 4.79 Å². The first-order valence-electron chi connectivity index (χ1n) is 4.24. The van der Waals surface area contributed by atoms with Crippen LogP contribution in [0, 0.1) is 0 Å². The largest absolute Gasteiger partial charge is 0.481 e. The van der Waals surface area contributed by atoms with Crippen molar-refractivity contribution in [2.75, 3.05) is 5.32 Å². The Balaban J connectivity index is 2.57. The molecule has 2 N–H and O–H groups in total. The summed E-state index contributed by atoms with van der Waals surface area (Å²) in [5.74, 6) is -0.211. The van der Waals surface area contributed by atoms with E-state index in [-0.39, 0.29) is 12.5 Å². The van der Waals surface area contributed by atoms with Gasteiger partial charge in [-0.15, -0.1) is 6.58 Å². The van der Waals surface area contributed by atoms with E-state index in [1.165, 1.54) is 0 Å². The van der Waals surface area contributed by atoms with E-state index in [2.05, 4.69) is 16.9 Å². The number of rotatable bonds is 5. The summed E-state index contributed by atoms with van der Waals surface area (Å²) in [6, 6.07) is 5.11. The summed E-state index contributed by atoms with van der Waals surface area (Å²) in [7, 11) is 0. The maximum atomic E-state index is 10.5. The molecule has 0 aliphatic heterocycles. The van der Waals surface area contributed by atoms with Gasteiger partial charge in [-0.25, -0.2) is 4.98 Å². The molecular formula is C10H12N2O2. The molecule has 0 aromatic carbocycles. The third-order valence-corrected chi connectivity index (χ3v) is 1.68. The average Bonchev–Trinajstić information content (AvgIpc) is 2.17. The number of nitrogens with one attached hydrogen (secondary N) is 1. The summed E-state index contributed by atoms with van der Waals surface area (Å²) in [6.45, 7) is 3.56. The monoisotopic (exact) mass is 192 g/mol. The lowest BCUT2D eigenvalue weighted by atomic mass is 10.2. The van der Waals surface area contributed by atoms with Crippen LogP contribution in [0.3, 0.4) is 0 Å². The van der Waals surface area contributed by atoms with Gasteiger partial charge < -0.3 is 10.4 Å². The molecule has 14 heavy (non-hydrogen) atoms. The van der Waals surface area contributed by atoms with Gasteiger partial charge in [-0.1, -0.05) is 12.1 Å². The first kappa shape index (κ1) is 10.2. The summed E-state index contributed by atoms with van der Waals surface area (Å²) >= 11 is 0. The van der Waals surface area contributed by atoms with Crippen molar-refractivity contribution in [3.05, 3.63) is 37.1 Å². The molecule has 4 heteroatoms. The molecule has 0 fully saturated rings. The molecular weight excluding hydrogens is 180 g/mol. The molecule has 0 aliphatic rings. The van der Waals surface area contributed by atoms with E-state index >= 15 is 0 Å². The quantitative estimate of drug-likeness (QED) is 0.694. The number of carboxylic acid groups (broad SMARTS) is 1. The minimum atomic E-state index is -0.863. The second-order valence-corrected chi connectivity index (χ2v) is 2.80. The smallest absolute Gasteiger partial charge is 0.305 e. The Morgan fingerprint density at radius 3 is 3.00 bits per heavy atom. The maximum absolute atomic E-state index is 10.5. The number of anilines is 1. The summed E-state index contributed by atoms with van der Waals surface area (Å²) < 4.78 is 0. The van der Waals surface area contributed by atoms with Crippen molar-refractivity contribution in [1.82, 2.24) is 4.98 Å². The van der Waals surface area contributed by atoms with Gasteiger partial charge in [-0.05, 0) is 12.1 Å². The van der Waals surface area contributed by atoms with Crippen LogP contribution in [0.5, 0.6) is 0 Å². The third-order valence-electron chi connectivity index (χ3n) is 1.68. The topological polar surface area (TPSA) is 62.2 Å². The highest BCUT2D eigenvalue weighted by molar-refractivity contribution is 5.68. The number of pyridine rings is 1. The molecule has 0 bridgehead atoms. The standard InChI is InChI=1S/C10H12N2O2/c1-2-8(7-10(13)14)12-9-5-3-4-6-11-9/h2-6,8H,1,7H2,(H,11,12)(H,13,14)/t8-/m1/s1. The second-order valence-electron chi connectivity index (χ2n) is 2.80. The minimum absolute atomic E-state index is 0.0000737. The van der Waals surface area contributed by atoms with Crippen LogP contribution in [0.15, 0.2) is 37.1 Å². The van der Waals surface area contributed by atoms with E-state index < -0.39 is 5.97 Å². The van der Waals surface area contributed by atoms with Gasteiger partial charge in [0.15, 0.2) is 0 Å². The lowest BCUT2D eigenvalue weighted by Crippen LogP contribution is -2.20. The second kappa shape index (κ2) is 5.01. The molecule has 1 heterocycles. The Bertz CT molecular complexity index is 311. The van der Waals surface area contributed by atoms with Gasteiger partial charge in [-0.2, -0.15) is 0 Å². The van der Waals surface area contributed by atoms with E-state index in [1.54, 1.807) is 24.4 Å². The molecule has 0 radical (unpaired) electrons. The van der Waals surface area contributed by atoms with Gasteiger partial charge >= 0.3 is 5.97 Å². The van der Waals surface area contributed by atoms with E-state index in [4.69, 9.17) is 5.11 Å². The van der Waals surface area contributed by atoms with Crippen LogP contribution in [0.4, 0.5) is 5.82 Å². The Morgan fingerprint density at radius 1 is 1.71 bits per heavy atom. The number of carbonyl (C=O) groups is 1. The molecule has 0 unspecified atom stereocenters. The molecule has 0 spiro atoms. The van der Waals surface area contributed by atoms with Crippen molar-refractivity contribution in [1.29, 1.82) is 0 Å². The van der Waals surface area contributed by atoms with Crippen LogP contribution in [0.1, 0.15) is 6.42 Å². The summed E-state index contributed by atoms with van der Waals surface area (Å²) in [5, 5.41) is 11.5. The summed E-state index contributed by atoms with van der Waals surface area (Å²) in [5.41, 5.74) is 0. The van der Waals surface area contributed by atoms with Crippen LogP contribution >= 0.6 is 0 Å². The number of hydrogen-bond donors (Lipinski definition) is 2. The van der Waals surface area contributed by atoms with Crippen molar-refractivity contribution in [2.24, 2.45) is 0 Å². The molecule has 1 aromatic rings. The number of nitrogens with zero attached hydrogens (tertiary/aromatic N) is 1. The molecule has 0 aliphatic carbocycles. The summed E-state index contributed by atoms with van der Waals surface area (Å²) in [6.07, 6.45) is 3.20. The zero-order valence-electron chi connectivity index (χ0n) is 7.68. The van der Waals surface area contributed by atoms with Crippen molar-refractivity contribution in [2.45, 2.75) is 12.5 Å². The Hall–Kier alpha value is -1.84. The zero-order valence-corrected chi connectivity index (χ0v) is 7.68. The highest BCUT2D eigenvalue weighted by atomic mass is 16.4. The fraction of sp³-hybridized carbons (Fsp3) is 0.200. The highest BCUT2D eigenvalue weighted by Crippen LogP contribution is 2.05. The molecule has 74 valence electrons. The molecule has 1 rings (SSSR count). The molecule has 1 atom stereocenters. The van der Waals surface area contributed by atoms with Crippen molar-refractivity contribution >= 4 is 11.8 Å². The van der Waals surface area contributed by atoms with Crippen molar-refractivity contribution in [3.8, 4) is 0 Å². The van der Waals surface area contributed by atoms with E-state index in [0.717, 1.165) is 0 Å². The molecule has 0 saturated heterocycles. The van der Waals surface area contributed by atoms with E-state index in [0.29, 0.717) is 5.82 Å². The number of hydrogen-bond acceptors (Lipinski definition) is 3. The molecule has 0 amide bonds. The molecule has 0 saturated carbocycles. The van der Waals surface area contributed by atoms with Gasteiger partial charge in [-0.3, -0.25) is 4.79 Å². The molecule has 1 aromatic heterocycles. The summed E-state index contributed by atoms with van der Waals surface area (Å²) in [4.78, 5) is 14.5. The minimum Gasteiger partial charge on any atom is -0.481 e. The first-order valence-corrected chi connectivity index (χ1v) is 4.24. The van der Waals surface area contributed by atoms with Crippen molar-refractivity contribution in [3.63, 3.8) is 0 Å². The Kier molecular flexibility index (Phi) is 3.67. The number of aromatic nitrogens is 1.